The topological polar surface area (TPSA) is 29.5 Å². The quantitative estimate of drug-likeness (QED) is 0.720. The fourth-order valence-corrected chi connectivity index (χ4v) is 3.39. The fraction of sp³-hybridized carbons (Fsp3) is 0.619. The first-order chi connectivity index (χ1) is 11.0. The van der Waals surface area contributed by atoms with Crippen LogP contribution in [0.5, 0.6) is 0 Å². The molecule has 23 heavy (non-hydrogen) atoms. The van der Waals surface area contributed by atoms with E-state index in [1.54, 1.807) is 5.57 Å². The van der Waals surface area contributed by atoms with Gasteiger partial charge in [-0.3, -0.25) is 0 Å². The second kappa shape index (κ2) is 8.12. The van der Waals surface area contributed by atoms with Crippen molar-refractivity contribution in [2.75, 3.05) is 6.61 Å². The Morgan fingerprint density at radius 3 is 2.74 bits per heavy atom. The highest BCUT2D eigenvalue weighted by atomic mass is 16.5. The van der Waals surface area contributed by atoms with Gasteiger partial charge in [0.25, 0.3) is 0 Å². The first-order valence-electron chi connectivity index (χ1n) is 8.99. The van der Waals surface area contributed by atoms with E-state index in [0.29, 0.717) is 5.92 Å². The zero-order valence-electron chi connectivity index (χ0n) is 15.2. The van der Waals surface area contributed by atoms with Gasteiger partial charge in [0.15, 0.2) is 0 Å². The molecule has 0 heterocycles. The summed E-state index contributed by atoms with van der Waals surface area (Å²) >= 11 is 0. The summed E-state index contributed by atoms with van der Waals surface area (Å²) in [7, 11) is 0. The summed E-state index contributed by atoms with van der Waals surface area (Å²) < 4.78 is 6.04. The number of allylic oxidation sites excluding steroid dienone is 1. The van der Waals surface area contributed by atoms with Crippen LogP contribution in [0.15, 0.2) is 29.8 Å². The molecule has 0 spiro atoms. The van der Waals surface area contributed by atoms with Gasteiger partial charge in [0.1, 0.15) is 0 Å². The van der Waals surface area contributed by atoms with Crippen molar-refractivity contribution in [1.29, 1.82) is 0 Å². The molecule has 2 rings (SSSR count). The molecule has 0 saturated carbocycles. The van der Waals surface area contributed by atoms with E-state index in [2.05, 4.69) is 52.0 Å². The maximum Gasteiger partial charge on any atom is 0.0691 e. The second-order valence-corrected chi connectivity index (χ2v) is 7.31. The lowest BCUT2D eigenvalue weighted by Crippen LogP contribution is -2.31. The van der Waals surface area contributed by atoms with Gasteiger partial charge in [0, 0.05) is 6.61 Å². The first-order valence-corrected chi connectivity index (χ1v) is 8.99. The molecular weight excluding hydrogens is 284 g/mol. The maximum atomic E-state index is 9.43. The number of aryl methyl sites for hydroxylation is 1. The van der Waals surface area contributed by atoms with Gasteiger partial charge in [-0.1, -0.05) is 43.7 Å². The van der Waals surface area contributed by atoms with Gasteiger partial charge in [-0.15, -0.1) is 0 Å². The lowest BCUT2D eigenvalue weighted by atomic mass is 9.80. The highest BCUT2D eigenvalue weighted by Crippen LogP contribution is 2.34. The normalized spacial score (nSPS) is 22.7. The van der Waals surface area contributed by atoms with E-state index in [4.69, 9.17) is 4.74 Å². The molecule has 0 amide bonds. The Bertz CT molecular complexity index is 547. The standard InChI is InChI=1S/C21H32O2/c1-5-12-23-21(4)10-8-19(9-11-21)17(3)13-18-7-6-16(2)20(14-18)15-22/h6-8,14,17,22H,5,9-13,15H2,1-4H3. The number of hydrogen-bond donors (Lipinski definition) is 1. The van der Waals surface area contributed by atoms with Crippen LogP contribution in [-0.2, 0) is 17.8 Å². The van der Waals surface area contributed by atoms with Crippen molar-refractivity contribution in [3.63, 3.8) is 0 Å². The van der Waals surface area contributed by atoms with Crippen LogP contribution in [0.3, 0.4) is 0 Å². The number of ether oxygens (including phenoxy) is 1. The third-order valence-electron chi connectivity index (χ3n) is 5.15. The molecule has 1 aromatic carbocycles. The lowest BCUT2D eigenvalue weighted by Gasteiger charge is -2.34. The lowest BCUT2D eigenvalue weighted by molar-refractivity contribution is -0.0386. The van der Waals surface area contributed by atoms with E-state index in [1.165, 1.54) is 11.1 Å². The Labute approximate surface area is 141 Å². The van der Waals surface area contributed by atoms with Crippen LogP contribution >= 0.6 is 0 Å². The average Bonchev–Trinajstić information content (AvgIpc) is 2.55. The smallest absolute Gasteiger partial charge is 0.0691 e. The van der Waals surface area contributed by atoms with Crippen molar-refractivity contribution in [3.05, 3.63) is 46.5 Å². The Hall–Kier alpha value is -1.12. The molecular formula is C21H32O2. The van der Waals surface area contributed by atoms with E-state index in [1.807, 2.05) is 0 Å². The van der Waals surface area contributed by atoms with E-state index < -0.39 is 0 Å². The molecule has 0 aromatic heterocycles. The average molecular weight is 316 g/mol. The van der Waals surface area contributed by atoms with E-state index in [-0.39, 0.29) is 12.2 Å². The molecule has 1 N–H and O–H groups in total. The minimum atomic E-state index is 0.0349. The summed E-state index contributed by atoms with van der Waals surface area (Å²) in [6.07, 6.45) is 7.83. The van der Waals surface area contributed by atoms with Crippen LogP contribution in [0.4, 0.5) is 0 Å². The monoisotopic (exact) mass is 316 g/mol. The number of aliphatic hydroxyl groups is 1. The Balaban J connectivity index is 1.98. The summed E-state index contributed by atoms with van der Waals surface area (Å²) in [5, 5.41) is 9.43. The van der Waals surface area contributed by atoms with E-state index >= 15 is 0 Å². The molecule has 0 bridgehead atoms. The fourth-order valence-electron chi connectivity index (χ4n) is 3.39. The number of hydrogen-bond acceptors (Lipinski definition) is 2. The van der Waals surface area contributed by atoms with Gasteiger partial charge in [0.05, 0.1) is 12.2 Å². The summed E-state index contributed by atoms with van der Waals surface area (Å²) in [5.41, 5.74) is 5.14. The second-order valence-electron chi connectivity index (χ2n) is 7.31. The highest BCUT2D eigenvalue weighted by Gasteiger charge is 2.28. The van der Waals surface area contributed by atoms with Gasteiger partial charge in [-0.25, -0.2) is 0 Å². The molecule has 0 aliphatic heterocycles. The van der Waals surface area contributed by atoms with Gasteiger partial charge >= 0.3 is 0 Å². The summed E-state index contributed by atoms with van der Waals surface area (Å²) in [6, 6.07) is 6.48. The third-order valence-corrected chi connectivity index (χ3v) is 5.15. The molecule has 2 nitrogen and oxygen atoms in total. The van der Waals surface area contributed by atoms with Gasteiger partial charge in [0.2, 0.25) is 0 Å². The minimum absolute atomic E-state index is 0.0349. The molecule has 2 heteroatoms. The van der Waals surface area contributed by atoms with Crippen molar-refractivity contribution < 1.29 is 9.84 Å². The van der Waals surface area contributed by atoms with Crippen molar-refractivity contribution in [2.45, 2.75) is 72.0 Å². The minimum Gasteiger partial charge on any atom is -0.392 e. The Morgan fingerprint density at radius 1 is 1.35 bits per heavy atom. The summed E-state index contributed by atoms with van der Waals surface area (Å²) in [4.78, 5) is 0. The van der Waals surface area contributed by atoms with Crippen molar-refractivity contribution in [1.82, 2.24) is 0 Å². The SMILES string of the molecule is CCCOC1(C)CC=C(C(C)Cc2ccc(C)c(CO)c2)CC1. The van der Waals surface area contributed by atoms with Crippen molar-refractivity contribution >= 4 is 0 Å². The van der Waals surface area contributed by atoms with Gasteiger partial charge in [-0.05, 0) is 68.6 Å². The van der Waals surface area contributed by atoms with Gasteiger partial charge in [-0.2, -0.15) is 0 Å². The maximum absolute atomic E-state index is 9.43. The number of rotatable bonds is 7. The Kier molecular flexibility index (Phi) is 6.43. The molecule has 2 unspecified atom stereocenters. The molecule has 0 radical (unpaired) electrons. The van der Waals surface area contributed by atoms with Crippen LogP contribution in [0.25, 0.3) is 0 Å². The van der Waals surface area contributed by atoms with Crippen LogP contribution in [0, 0.1) is 12.8 Å². The molecule has 1 aromatic rings. The number of benzene rings is 1. The Morgan fingerprint density at radius 2 is 2.13 bits per heavy atom. The van der Waals surface area contributed by atoms with Crippen molar-refractivity contribution in [3.8, 4) is 0 Å². The van der Waals surface area contributed by atoms with Crippen LogP contribution in [0.2, 0.25) is 0 Å². The van der Waals surface area contributed by atoms with Crippen molar-refractivity contribution in [2.24, 2.45) is 5.92 Å². The summed E-state index contributed by atoms with van der Waals surface area (Å²) in [6.45, 7) is 9.78. The molecule has 2 atom stereocenters. The zero-order valence-corrected chi connectivity index (χ0v) is 15.2. The highest BCUT2D eigenvalue weighted by molar-refractivity contribution is 5.31. The third kappa shape index (κ3) is 4.92. The molecule has 1 aliphatic rings. The van der Waals surface area contributed by atoms with Gasteiger partial charge < -0.3 is 9.84 Å². The van der Waals surface area contributed by atoms with E-state index in [9.17, 15) is 5.11 Å². The molecule has 0 saturated heterocycles. The molecule has 0 fully saturated rings. The molecule has 1 aliphatic carbocycles. The largest absolute Gasteiger partial charge is 0.392 e. The number of aliphatic hydroxyl groups excluding tert-OH is 1. The zero-order chi connectivity index (χ0) is 16.9. The first kappa shape index (κ1) is 18.2. The van der Waals surface area contributed by atoms with Crippen LogP contribution in [0.1, 0.15) is 63.1 Å². The van der Waals surface area contributed by atoms with Crippen LogP contribution < -0.4 is 0 Å². The molecule has 128 valence electrons. The van der Waals surface area contributed by atoms with E-state index in [0.717, 1.165) is 44.3 Å². The van der Waals surface area contributed by atoms with Crippen LogP contribution in [-0.4, -0.2) is 17.3 Å². The predicted molar refractivity (Wildman–Crippen MR) is 96.6 cm³/mol. The predicted octanol–water partition coefficient (Wildman–Crippen LogP) is 4.96. The summed E-state index contributed by atoms with van der Waals surface area (Å²) in [5.74, 6) is 0.556.